The van der Waals surface area contributed by atoms with Crippen LogP contribution >= 0.6 is 0 Å². The zero-order valence-corrected chi connectivity index (χ0v) is 8.27. The molecule has 1 aliphatic carbocycles. The van der Waals surface area contributed by atoms with Crippen LogP contribution in [0.2, 0.25) is 0 Å². The first-order valence-corrected chi connectivity index (χ1v) is 5.22. The topological polar surface area (TPSA) is 27.8 Å². The number of aromatic amines is 1. The number of aryl methyl sites for hydroxylation is 1. The average Bonchev–Trinajstić information content (AvgIpc) is 2.71. The molecule has 2 N–H and O–H groups in total. The van der Waals surface area contributed by atoms with Crippen LogP contribution in [0, 0.1) is 6.92 Å². The van der Waals surface area contributed by atoms with E-state index in [0.717, 1.165) is 12.6 Å². The first kappa shape index (κ1) is 8.82. The molecule has 0 atom stereocenters. The van der Waals surface area contributed by atoms with E-state index in [1.807, 2.05) is 0 Å². The average molecular weight is 178 g/mol. The molecule has 13 heavy (non-hydrogen) atoms. The Bertz CT molecular complexity index is 259. The highest BCUT2D eigenvalue weighted by molar-refractivity contribution is 5.11. The maximum Gasteiger partial charge on any atom is 0.0359 e. The lowest BCUT2D eigenvalue weighted by Crippen LogP contribution is -2.25. The summed E-state index contributed by atoms with van der Waals surface area (Å²) in [7, 11) is 0. The van der Waals surface area contributed by atoms with Gasteiger partial charge in [-0.15, -0.1) is 0 Å². The van der Waals surface area contributed by atoms with Gasteiger partial charge in [-0.2, -0.15) is 0 Å². The van der Waals surface area contributed by atoms with E-state index in [1.54, 1.807) is 0 Å². The summed E-state index contributed by atoms with van der Waals surface area (Å²) in [6.07, 6.45) is 5.53. The van der Waals surface area contributed by atoms with Crippen molar-refractivity contribution < 1.29 is 0 Å². The second-order valence-electron chi connectivity index (χ2n) is 4.03. The molecule has 0 aromatic carbocycles. The highest BCUT2D eigenvalue weighted by Gasteiger charge is 2.13. The molecule has 1 fully saturated rings. The van der Waals surface area contributed by atoms with Gasteiger partial charge in [0.2, 0.25) is 0 Å². The molecule has 1 aromatic rings. The van der Waals surface area contributed by atoms with Crippen LogP contribution < -0.4 is 5.32 Å². The monoisotopic (exact) mass is 178 g/mol. The Labute approximate surface area is 79.7 Å². The van der Waals surface area contributed by atoms with E-state index in [9.17, 15) is 0 Å². The molecule has 2 nitrogen and oxygen atoms in total. The minimum absolute atomic E-state index is 0.767. The van der Waals surface area contributed by atoms with Gasteiger partial charge in [-0.25, -0.2) is 0 Å². The number of hydrogen-bond acceptors (Lipinski definition) is 1. The molecule has 72 valence electrons. The Kier molecular flexibility index (Phi) is 2.69. The lowest BCUT2D eigenvalue weighted by Gasteiger charge is -2.10. The highest BCUT2D eigenvalue weighted by Crippen LogP contribution is 2.17. The molecule has 1 aromatic heterocycles. The molecule has 0 aliphatic heterocycles. The van der Waals surface area contributed by atoms with Crippen LogP contribution in [0.5, 0.6) is 0 Å². The van der Waals surface area contributed by atoms with E-state index >= 15 is 0 Å². The summed E-state index contributed by atoms with van der Waals surface area (Å²) in [4.78, 5) is 3.34. The van der Waals surface area contributed by atoms with Crippen LogP contribution in [0.3, 0.4) is 0 Å². The maximum atomic E-state index is 3.58. The molecule has 1 aliphatic rings. The molecule has 2 rings (SSSR count). The molecule has 0 amide bonds. The van der Waals surface area contributed by atoms with Crippen molar-refractivity contribution in [3.05, 3.63) is 23.5 Å². The van der Waals surface area contributed by atoms with Crippen molar-refractivity contribution >= 4 is 0 Å². The van der Waals surface area contributed by atoms with Crippen molar-refractivity contribution in [1.82, 2.24) is 10.3 Å². The number of rotatable bonds is 3. The first-order valence-electron chi connectivity index (χ1n) is 5.22. The lowest BCUT2D eigenvalue weighted by atomic mass is 10.2. The minimum Gasteiger partial charge on any atom is -0.361 e. The fraction of sp³-hybridized carbons (Fsp3) is 0.636. The molecular weight excluding hydrogens is 160 g/mol. The summed E-state index contributed by atoms with van der Waals surface area (Å²) in [5.41, 5.74) is 2.56. The van der Waals surface area contributed by atoms with Gasteiger partial charge in [-0.05, 0) is 31.9 Å². The second-order valence-corrected chi connectivity index (χ2v) is 4.03. The van der Waals surface area contributed by atoms with Gasteiger partial charge in [-0.1, -0.05) is 12.8 Å². The van der Waals surface area contributed by atoms with Crippen molar-refractivity contribution in [3.8, 4) is 0 Å². The molecule has 0 spiro atoms. The highest BCUT2D eigenvalue weighted by atomic mass is 14.9. The van der Waals surface area contributed by atoms with Crippen molar-refractivity contribution in [2.24, 2.45) is 0 Å². The number of nitrogens with one attached hydrogen (secondary N) is 2. The number of hydrogen-bond donors (Lipinski definition) is 2. The van der Waals surface area contributed by atoms with Crippen molar-refractivity contribution in [1.29, 1.82) is 0 Å². The van der Waals surface area contributed by atoms with Crippen molar-refractivity contribution in [2.45, 2.75) is 45.2 Å². The van der Waals surface area contributed by atoms with Crippen molar-refractivity contribution in [3.63, 3.8) is 0 Å². The normalized spacial score (nSPS) is 18.2. The fourth-order valence-electron chi connectivity index (χ4n) is 2.05. The zero-order valence-electron chi connectivity index (χ0n) is 8.27. The second kappa shape index (κ2) is 3.97. The van der Waals surface area contributed by atoms with E-state index in [0.29, 0.717) is 0 Å². The molecule has 0 saturated heterocycles. The van der Waals surface area contributed by atoms with Gasteiger partial charge in [-0.3, -0.25) is 0 Å². The van der Waals surface area contributed by atoms with Crippen LogP contribution in [-0.4, -0.2) is 11.0 Å². The third kappa shape index (κ3) is 2.34. The number of H-pyrrole nitrogens is 1. The summed E-state index contributed by atoms with van der Waals surface area (Å²) < 4.78 is 0. The molecule has 0 bridgehead atoms. The van der Waals surface area contributed by atoms with Gasteiger partial charge in [0.1, 0.15) is 0 Å². The lowest BCUT2D eigenvalue weighted by molar-refractivity contribution is 0.520. The molecule has 1 heterocycles. The Balaban J connectivity index is 1.78. The third-order valence-corrected chi connectivity index (χ3v) is 2.83. The van der Waals surface area contributed by atoms with Crippen LogP contribution in [0.4, 0.5) is 0 Å². The summed E-state index contributed by atoms with van der Waals surface area (Å²) in [6, 6.07) is 5.06. The van der Waals surface area contributed by atoms with Crippen LogP contribution in [0.1, 0.15) is 37.1 Å². The first-order chi connectivity index (χ1) is 6.34. The SMILES string of the molecule is Cc1ccc(CNC2CCCC2)[nH]1. The largest absolute Gasteiger partial charge is 0.361 e. The Hall–Kier alpha value is -0.760. The summed E-state index contributed by atoms with van der Waals surface area (Å²) >= 11 is 0. The standard InChI is InChI=1S/C11H18N2/c1-9-6-7-11(13-9)8-12-10-4-2-3-5-10/h6-7,10,12-13H,2-5,8H2,1H3. The maximum absolute atomic E-state index is 3.58. The Morgan fingerprint density at radius 1 is 1.38 bits per heavy atom. The summed E-state index contributed by atoms with van der Waals surface area (Å²) in [5, 5.41) is 3.58. The van der Waals surface area contributed by atoms with Gasteiger partial charge in [0.15, 0.2) is 0 Å². The Morgan fingerprint density at radius 2 is 2.15 bits per heavy atom. The van der Waals surface area contributed by atoms with E-state index < -0.39 is 0 Å². The van der Waals surface area contributed by atoms with Crippen LogP contribution in [0.25, 0.3) is 0 Å². The van der Waals surface area contributed by atoms with E-state index in [4.69, 9.17) is 0 Å². The number of aromatic nitrogens is 1. The van der Waals surface area contributed by atoms with Gasteiger partial charge in [0.05, 0.1) is 0 Å². The predicted molar refractivity (Wildman–Crippen MR) is 54.6 cm³/mol. The van der Waals surface area contributed by atoms with E-state index in [1.165, 1.54) is 37.1 Å². The van der Waals surface area contributed by atoms with E-state index in [2.05, 4.69) is 29.4 Å². The van der Waals surface area contributed by atoms with Gasteiger partial charge < -0.3 is 10.3 Å². The quantitative estimate of drug-likeness (QED) is 0.730. The van der Waals surface area contributed by atoms with Crippen molar-refractivity contribution in [2.75, 3.05) is 0 Å². The molecule has 2 heteroatoms. The van der Waals surface area contributed by atoms with Gasteiger partial charge in [0, 0.05) is 24.0 Å². The van der Waals surface area contributed by atoms with E-state index in [-0.39, 0.29) is 0 Å². The van der Waals surface area contributed by atoms with Crippen LogP contribution in [0.15, 0.2) is 12.1 Å². The summed E-state index contributed by atoms with van der Waals surface area (Å²) in [6.45, 7) is 3.09. The van der Waals surface area contributed by atoms with Gasteiger partial charge in [0.25, 0.3) is 0 Å². The van der Waals surface area contributed by atoms with Crippen LogP contribution in [-0.2, 0) is 6.54 Å². The fourth-order valence-corrected chi connectivity index (χ4v) is 2.05. The summed E-state index contributed by atoms with van der Waals surface area (Å²) in [5.74, 6) is 0. The molecule has 1 saturated carbocycles. The molecule has 0 radical (unpaired) electrons. The third-order valence-electron chi connectivity index (χ3n) is 2.83. The minimum atomic E-state index is 0.767. The Morgan fingerprint density at radius 3 is 2.77 bits per heavy atom. The molecule has 0 unspecified atom stereocenters. The zero-order chi connectivity index (χ0) is 9.10. The predicted octanol–water partition coefficient (Wildman–Crippen LogP) is 2.36. The molecular formula is C11H18N2. The smallest absolute Gasteiger partial charge is 0.0359 e. The van der Waals surface area contributed by atoms with Gasteiger partial charge >= 0.3 is 0 Å².